The summed E-state index contributed by atoms with van der Waals surface area (Å²) in [4.78, 5) is 0. The Balaban J connectivity index is 2.38. The highest BCUT2D eigenvalue weighted by molar-refractivity contribution is 5.79. The van der Waals surface area contributed by atoms with Crippen molar-refractivity contribution in [3.63, 3.8) is 0 Å². The van der Waals surface area contributed by atoms with E-state index >= 15 is 0 Å². The van der Waals surface area contributed by atoms with Crippen LogP contribution < -0.4 is 0 Å². The number of fused-ring (bicyclic) bond motifs is 3. The summed E-state index contributed by atoms with van der Waals surface area (Å²) >= 11 is 0. The lowest BCUT2D eigenvalue weighted by Gasteiger charge is -2.28. The number of rotatable bonds is 2. The predicted octanol–water partition coefficient (Wildman–Crippen LogP) is 2.96. The number of hydrogen-bond donors (Lipinski definition) is 0. The molecule has 2 heteroatoms. The van der Waals surface area contributed by atoms with Gasteiger partial charge in [-0.2, -0.15) is 0 Å². The Morgan fingerprint density at radius 2 is 1.65 bits per heavy atom. The molecular formula is C15H13O2. The Bertz CT molecular complexity index is 509. The molecule has 0 aliphatic heterocycles. The highest BCUT2D eigenvalue weighted by Crippen LogP contribution is 2.49. The SMILES string of the molecule is COC1(OC)c2cc[c]cc2-c2ccccc21. The first-order chi connectivity index (χ1) is 8.33. The van der Waals surface area contributed by atoms with Gasteiger partial charge in [0, 0.05) is 25.3 Å². The molecule has 2 aromatic carbocycles. The van der Waals surface area contributed by atoms with E-state index in [0.717, 1.165) is 22.3 Å². The van der Waals surface area contributed by atoms with Crippen LogP contribution >= 0.6 is 0 Å². The van der Waals surface area contributed by atoms with Crippen LogP contribution in [0.15, 0.2) is 42.5 Å². The van der Waals surface area contributed by atoms with E-state index in [2.05, 4.69) is 12.1 Å². The molecule has 1 radical (unpaired) electrons. The van der Waals surface area contributed by atoms with Crippen molar-refractivity contribution in [3.8, 4) is 11.1 Å². The van der Waals surface area contributed by atoms with E-state index in [9.17, 15) is 0 Å². The molecule has 17 heavy (non-hydrogen) atoms. The van der Waals surface area contributed by atoms with Crippen molar-refractivity contribution in [1.29, 1.82) is 0 Å². The monoisotopic (exact) mass is 225 g/mol. The third-order valence-corrected chi connectivity index (χ3v) is 3.37. The minimum absolute atomic E-state index is 0.777. The minimum Gasteiger partial charge on any atom is -0.346 e. The fourth-order valence-corrected chi connectivity index (χ4v) is 2.61. The van der Waals surface area contributed by atoms with Crippen molar-refractivity contribution in [1.82, 2.24) is 0 Å². The fraction of sp³-hybridized carbons (Fsp3) is 0.200. The van der Waals surface area contributed by atoms with Crippen molar-refractivity contribution in [2.24, 2.45) is 0 Å². The Labute approximate surface area is 101 Å². The van der Waals surface area contributed by atoms with Gasteiger partial charge >= 0.3 is 0 Å². The van der Waals surface area contributed by atoms with E-state index in [1.54, 1.807) is 14.2 Å². The fourth-order valence-electron chi connectivity index (χ4n) is 2.61. The van der Waals surface area contributed by atoms with E-state index in [1.165, 1.54) is 0 Å². The molecule has 3 rings (SSSR count). The van der Waals surface area contributed by atoms with Crippen molar-refractivity contribution in [3.05, 3.63) is 59.7 Å². The number of hydrogen-bond acceptors (Lipinski definition) is 2. The Morgan fingerprint density at radius 1 is 0.941 bits per heavy atom. The average Bonchev–Trinajstić information content (AvgIpc) is 2.70. The van der Waals surface area contributed by atoms with Crippen LogP contribution in [0.4, 0.5) is 0 Å². The first-order valence-electron chi connectivity index (χ1n) is 5.54. The van der Waals surface area contributed by atoms with Gasteiger partial charge in [0.05, 0.1) is 0 Å². The zero-order chi connectivity index (χ0) is 11.9. The molecule has 0 spiro atoms. The third-order valence-electron chi connectivity index (χ3n) is 3.37. The molecule has 1 aliphatic rings. The number of ether oxygens (including phenoxy) is 2. The second kappa shape index (κ2) is 3.69. The molecule has 1 aliphatic carbocycles. The third kappa shape index (κ3) is 1.22. The molecule has 0 bridgehead atoms. The molecule has 85 valence electrons. The zero-order valence-corrected chi connectivity index (χ0v) is 9.86. The van der Waals surface area contributed by atoms with Crippen LogP contribution in [-0.2, 0) is 15.3 Å². The van der Waals surface area contributed by atoms with Crippen molar-refractivity contribution in [2.75, 3.05) is 14.2 Å². The molecule has 0 saturated heterocycles. The molecule has 0 amide bonds. The van der Waals surface area contributed by atoms with Crippen LogP contribution in [0.5, 0.6) is 0 Å². The van der Waals surface area contributed by atoms with Gasteiger partial charge in [-0.05, 0) is 23.3 Å². The van der Waals surface area contributed by atoms with Gasteiger partial charge < -0.3 is 9.47 Å². The second-order valence-electron chi connectivity index (χ2n) is 4.04. The maximum absolute atomic E-state index is 5.66. The second-order valence-corrected chi connectivity index (χ2v) is 4.04. The summed E-state index contributed by atoms with van der Waals surface area (Å²) in [6, 6.07) is 17.1. The van der Waals surface area contributed by atoms with Gasteiger partial charge in [0.15, 0.2) is 0 Å². The molecule has 0 atom stereocenters. The number of methoxy groups -OCH3 is 2. The lowest BCUT2D eigenvalue weighted by molar-refractivity contribution is -0.180. The van der Waals surface area contributed by atoms with Crippen LogP contribution in [0, 0.1) is 6.07 Å². The highest BCUT2D eigenvalue weighted by Gasteiger charge is 2.43. The number of benzene rings is 2. The van der Waals surface area contributed by atoms with Gasteiger partial charge in [0.25, 0.3) is 0 Å². The predicted molar refractivity (Wildman–Crippen MR) is 65.5 cm³/mol. The quantitative estimate of drug-likeness (QED) is 0.731. The van der Waals surface area contributed by atoms with Crippen LogP contribution in [0.1, 0.15) is 11.1 Å². The zero-order valence-electron chi connectivity index (χ0n) is 9.86. The standard InChI is InChI=1S/C15H13O2/c1-16-15(17-2)13-9-5-3-7-11(13)12-8-4-6-10-14(12)15/h3,5-10H,1-2H3. The normalized spacial score (nSPS) is 15.4. The summed E-state index contributed by atoms with van der Waals surface area (Å²) in [6.45, 7) is 0. The van der Waals surface area contributed by atoms with Crippen molar-refractivity contribution >= 4 is 0 Å². The molecular weight excluding hydrogens is 212 g/mol. The topological polar surface area (TPSA) is 18.5 Å². The van der Waals surface area contributed by atoms with E-state index in [-0.39, 0.29) is 0 Å². The van der Waals surface area contributed by atoms with Gasteiger partial charge in [0.1, 0.15) is 0 Å². The van der Waals surface area contributed by atoms with E-state index in [1.807, 2.05) is 36.4 Å². The maximum atomic E-state index is 5.66. The largest absolute Gasteiger partial charge is 0.346 e. The molecule has 0 aromatic heterocycles. The lowest BCUT2D eigenvalue weighted by Crippen LogP contribution is -2.29. The first kappa shape index (κ1) is 10.5. The first-order valence-corrected chi connectivity index (χ1v) is 5.54. The molecule has 0 fully saturated rings. The van der Waals surface area contributed by atoms with Gasteiger partial charge in [-0.3, -0.25) is 0 Å². The molecule has 2 nitrogen and oxygen atoms in total. The minimum atomic E-state index is -0.777. The van der Waals surface area contributed by atoms with Crippen LogP contribution in [0.3, 0.4) is 0 Å². The summed E-state index contributed by atoms with van der Waals surface area (Å²) in [7, 11) is 3.35. The summed E-state index contributed by atoms with van der Waals surface area (Å²) in [5, 5.41) is 0. The molecule has 0 unspecified atom stereocenters. The van der Waals surface area contributed by atoms with Crippen LogP contribution in [0.25, 0.3) is 11.1 Å². The Hall–Kier alpha value is -1.64. The smallest absolute Gasteiger partial charge is 0.223 e. The molecule has 0 heterocycles. The van der Waals surface area contributed by atoms with Gasteiger partial charge in [-0.15, -0.1) is 0 Å². The lowest BCUT2D eigenvalue weighted by atomic mass is 10.0. The Kier molecular flexibility index (Phi) is 2.28. The van der Waals surface area contributed by atoms with E-state index in [4.69, 9.17) is 9.47 Å². The summed E-state index contributed by atoms with van der Waals surface area (Å²) in [6.07, 6.45) is 0. The van der Waals surface area contributed by atoms with E-state index < -0.39 is 5.79 Å². The van der Waals surface area contributed by atoms with Crippen molar-refractivity contribution in [2.45, 2.75) is 5.79 Å². The van der Waals surface area contributed by atoms with Crippen LogP contribution in [0.2, 0.25) is 0 Å². The molecule has 0 N–H and O–H groups in total. The van der Waals surface area contributed by atoms with Crippen LogP contribution in [-0.4, -0.2) is 14.2 Å². The van der Waals surface area contributed by atoms with Gasteiger partial charge in [-0.1, -0.05) is 36.4 Å². The van der Waals surface area contributed by atoms with E-state index in [0.29, 0.717) is 0 Å². The highest BCUT2D eigenvalue weighted by atomic mass is 16.7. The van der Waals surface area contributed by atoms with Gasteiger partial charge in [0.2, 0.25) is 5.79 Å². The average molecular weight is 225 g/mol. The van der Waals surface area contributed by atoms with Gasteiger partial charge in [-0.25, -0.2) is 0 Å². The summed E-state index contributed by atoms with van der Waals surface area (Å²) in [5.74, 6) is -0.777. The summed E-state index contributed by atoms with van der Waals surface area (Å²) in [5.41, 5.74) is 4.39. The molecule has 2 aromatic rings. The summed E-state index contributed by atoms with van der Waals surface area (Å²) < 4.78 is 11.3. The molecule has 0 saturated carbocycles. The maximum Gasteiger partial charge on any atom is 0.223 e. The van der Waals surface area contributed by atoms with Crippen molar-refractivity contribution < 1.29 is 9.47 Å². The Morgan fingerprint density at radius 3 is 2.41 bits per heavy atom.